The molecule has 0 saturated heterocycles. The highest BCUT2D eigenvalue weighted by Gasteiger charge is 2.08. The summed E-state index contributed by atoms with van der Waals surface area (Å²) in [6, 6.07) is 5.72. The molecule has 1 aromatic carbocycles. The molecule has 26 heavy (non-hydrogen) atoms. The highest BCUT2D eigenvalue weighted by molar-refractivity contribution is 7.13. The van der Waals surface area contributed by atoms with Crippen molar-refractivity contribution in [3.8, 4) is 28.3 Å². The lowest BCUT2D eigenvalue weighted by atomic mass is 10.2. The van der Waals surface area contributed by atoms with Crippen molar-refractivity contribution in [2.45, 2.75) is 6.92 Å². The molecule has 3 aromatic heterocycles. The third-order valence-electron chi connectivity index (χ3n) is 3.91. The minimum absolute atomic E-state index is 0.471. The van der Waals surface area contributed by atoms with E-state index >= 15 is 0 Å². The molecule has 4 rings (SSSR count). The molecule has 0 aliphatic heterocycles. The van der Waals surface area contributed by atoms with Gasteiger partial charge in [0, 0.05) is 35.9 Å². The van der Waals surface area contributed by atoms with Crippen LogP contribution in [0.3, 0.4) is 0 Å². The molecule has 0 spiro atoms. The van der Waals surface area contributed by atoms with E-state index in [1.807, 2.05) is 48.3 Å². The van der Waals surface area contributed by atoms with Crippen LogP contribution in [-0.4, -0.2) is 31.6 Å². The van der Waals surface area contributed by atoms with Crippen LogP contribution >= 0.6 is 11.3 Å². The van der Waals surface area contributed by atoms with E-state index in [9.17, 15) is 0 Å². The van der Waals surface area contributed by atoms with Gasteiger partial charge in [-0.3, -0.25) is 0 Å². The minimum Gasteiger partial charge on any atom is -0.497 e. The van der Waals surface area contributed by atoms with Crippen LogP contribution in [0, 0.1) is 18.8 Å². The van der Waals surface area contributed by atoms with Crippen LogP contribution in [0.2, 0.25) is 0 Å². The van der Waals surface area contributed by atoms with Gasteiger partial charge in [0.05, 0.1) is 12.6 Å². The number of thiazole rings is 1. The number of imidazole rings is 1. The third-order valence-corrected chi connectivity index (χ3v) is 4.70. The number of methoxy groups -OCH3 is 1. The zero-order valence-electron chi connectivity index (χ0n) is 14.5. The monoisotopic (exact) mass is 361 g/mol. The quantitative estimate of drug-likeness (QED) is 0.513. The molecule has 128 valence electrons. The van der Waals surface area contributed by atoms with Crippen molar-refractivity contribution in [1.29, 1.82) is 0 Å². The minimum atomic E-state index is 0.471. The van der Waals surface area contributed by atoms with Gasteiger partial charge >= 0.3 is 0 Å². The standard InChI is InChI=1S/C19H15N5OS/c1-12-14-10-13(25-3)4-5-15(14)22-17(21-12)6-7-18-23-16(11-24(18)2)19-20-8-9-26-19/h4-5,8-11H,1-3H3. The zero-order chi connectivity index (χ0) is 18.1. The van der Waals surface area contributed by atoms with Crippen molar-refractivity contribution >= 4 is 22.2 Å². The summed E-state index contributed by atoms with van der Waals surface area (Å²) in [5.41, 5.74) is 2.52. The van der Waals surface area contributed by atoms with Crippen molar-refractivity contribution in [3.63, 3.8) is 0 Å². The lowest BCUT2D eigenvalue weighted by molar-refractivity contribution is 0.415. The topological polar surface area (TPSA) is 65.7 Å². The third kappa shape index (κ3) is 3.03. The first-order valence-corrected chi connectivity index (χ1v) is 8.79. The molecular weight excluding hydrogens is 346 g/mol. The van der Waals surface area contributed by atoms with E-state index in [4.69, 9.17) is 4.74 Å². The van der Waals surface area contributed by atoms with Crippen LogP contribution in [0.25, 0.3) is 21.6 Å². The van der Waals surface area contributed by atoms with Crippen LogP contribution in [0.5, 0.6) is 5.75 Å². The Bertz CT molecular complexity index is 1150. The first-order chi connectivity index (χ1) is 12.6. The Morgan fingerprint density at radius 2 is 2.04 bits per heavy atom. The SMILES string of the molecule is COc1ccc2nc(C#Cc3nc(-c4nccs4)cn3C)nc(C)c2c1. The van der Waals surface area contributed by atoms with Gasteiger partial charge in [-0.1, -0.05) is 0 Å². The maximum atomic E-state index is 5.26. The summed E-state index contributed by atoms with van der Waals surface area (Å²) in [5.74, 6) is 7.97. The van der Waals surface area contributed by atoms with Gasteiger partial charge in [0.15, 0.2) is 5.82 Å². The highest BCUT2D eigenvalue weighted by atomic mass is 32.1. The number of benzene rings is 1. The summed E-state index contributed by atoms with van der Waals surface area (Å²) in [6.07, 6.45) is 3.68. The molecule has 0 amide bonds. The first-order valence-electron chi connectivity index (χ1n) is 7.91. The average molecular weight is 361 g/mol. The number of rotatable bonds is 2. The van der Waals surface area contributed by atoms with Gasteiger partial charge in [-0.15, -0.1) is 11.3 Å². The van der Waals surface area contributed by atoms with Crippen molar-refractivity contribution < 1.29 is 4.74 Å². The number of hydrogen-bond donors (Lipinski definition) is 0. The number of aromatic nitrogens is 5. The Morgan fingerprint density at radius 3 is 2.81 bits per heavy atom. The van der Waals surface area contributed by atoms with E-state index in [1.165, 1.54) is 0 Å². The summed E-state index contributed by atoms with van der Waals surface area (Å²) < 4.78 is 7.14. The Hall–Kier alpha value is -3.24. The molecule has 0 radical (unpaired) electrons. The Kier molecular flexibility index (Phi) is 4.11. The second-order valence-corrected chi connectivity index (χ2v) is 6.56. The van der Waals surface area contributed by atoms with Crippen molar-refractivity contribution in [2.24, 2.45) is 7.05 Å². The van der Waals surface area contributed by atoms with Gasteiger partial charge < -0.3 is 9.30 Å². The second kappa shape index (κ2) is 6.58. The zero-order valence-corrected chi connectivity index (χ0v) is 15.3. The van der Waals surface area contributed by atoms with E-state index < -0.39 is 0 Å². The number of aryl methyl sites for hydroxylation is 2. The van der Waals surface area contributed by atoms with Gasteiger partial charge in [-0.05, 0) is 37.0 Å². The van der Waals surface area contributed by atoms with Crippen molar-refractivity contribution in [2.75, 3.05) is 7.11 Å². The smallest absolute Gasteiger partial charge is 0.206 e. The van der Waals surface area contributed by atoms with Gasteiger partial charge in [0.1, 0.15) is 16.5 Å². The fourth-order valence-corrected chi connectivity index (χ4v) is 3.18. The summed E-state index contributed by atoms with van der Waals surface area (Å²) in [7, 11) is 3.55. The van der Waals surface area contributed by atoms with Gasteiger partial charge in [0.2, 0.25) is 5.82 Å². The highest BCUT2D eigenvalue weighted by Crippen LogP contribution is 2.22. The Morgan fingerprint density at radius 1 is 1.15 bits per heavy atom. The van der Waals surface area contributed by atoms with E-state index in [-0.39, 0.29) is 0 Å². The molecule has 0 aliphatic rings. The van der Waals surface area contributed by atoms with Crippen molar-refractivity contribution in [1.82, 2.24) is 24.5 Å². The Balaban J connectivity index is 1.70. The molecule has 4 aromatic rings. The number of fused-ring (bicyclic) bond motifs is 1. The predicted molar refractivity (Wildman–Crippen MR) is 101 cm³/mol. The second-order valence-electron chi connectivity index (χ2n) is 5.66. The van der Waals surface area contributed by atoms with Crippen LogP contribution < -0.4 is 4.74 Å². The predicted octanol–water partition coefficient (Wildman–Crippen LogP) is 3.20. The van der Waals surface area contributed by atoms with Gasteiger partial charge in [-0.2, -0.15) is 0 Å². The van der Waals surface area contributed by atoms with Gasteiger partial charge in [-0.25, -0.2) is 19.9 Å². The molecule has 3 heterocycles. The summed E-state index contributed by atoms with van der Waals surface area (Å²) in [4.78, 5) is 17.8. The molecule has 0 saturated carbocycles. The summed E-state index contributed by atoms with van der Waals surface area (Å²) in [5, 5.41) is 3.76. The average Bonchev–Trinajstić information content (AvgIpc) is 3.29. The molecule has 6 nitrogen and oxygen atoms in total. The van der Waals surface area contributed by atoms with E-state index in [0.717, 1.165) is 33.0 Å². The maximum absolute atomic E-state index is 5.26. The first kappa shape index (κ1) is 16.2. The van der Waals surface area contributed by atoms with Crippen molar-refractivity contribution in [3.05, 3.63) is 53.3 Å². The van der Waals surface area contributed by atoms with Crippen LogP contribution in [0.4, 0.5) is 0 Å². The van der Waals surface area contributed by atoms with E-state index in [2.05, 4.69) is 31.8 Å². The Labute approximate surface area is 154 Å². The van der Waals surface area contributed by atoms with Gasteiger partial charge in [0.25, 0.3) is 0 Å². The summed E-state index contributed by atoms with van der Waals surface area (Å²) >= 11 is 1.55. The number of hydrogen-bond acceptors (Lipinski definition) is 6. The van der Waals surface area contributed by atoms with E-state index in [1.54, 1.807) is 24.6 Å². The van der Waals surface area contributed by atoms with E-state index in [0.29, 0.717) is 11.6 Å². The van der Waals surface area contributed by atoms with Crippen LogP contribution in [0.15, 0.2) is 36.0 Å². The maximum Gasteiger partial charge on any atom is 0.206 e. The molecule has 0 fully saturated rings. The fourth-order valence-electron chi connectivity index (χ4n) is 2.59. The molecular formula is C19H15N5OS. The largest absolute Gasteiger partial charge is 0.497 e. The van der Waals surface area contributed by atoms with Crippen LogP contribution in [-0.2, 0) is 7.05 Å². The molecule has 0 unspecified atom stereocenters. The molecule has 0 atom stereocenters. The fraction of sp³-hybridized carbons (Fsp3) is 0.158. The lowest BCUT2D eigenvalue weighted by Crippen LogP contribution is -1.96. The van der Waals surface area contributed by atoms with Crippen LogP contribution in [0.1, 0.15) is 17.3 Å². The normalized spacial score (nSPS) is 10.6. The molecule has 0 bridgehead atoms. The number of nitrogens with zero attached hydrogens (tertiary/aromatic N) is 5. The summed E-state index contributed by atoms with van der Waals surface area (Å²) in [6.45, 7) is 1.94. The lowest BCUT2D eigenvalue weighted by Gasteiger charge is -2.04. The molecule has 7 heteroatoms. The number of ether oxygens (including phenoxy) is 1. The molecule has 0 N–H and O–H groups in total. The molecule has 0 aliphatic carbocycles.